The van der Waals surface area contributed by atoms with Crippen molar-refractivity contribution in [2.24, 2.45) is 0 Å². The molecule has 0 spiro atoms. The van der Waals surface area contributed by atoms with Gasteiger partial charge >= 0.3 is 0 Å². The maximum absolute atomic E-state index is 14.3. The van der Waals surface area contributed by atoms with Crippen molar-refractivity contribution in [2.45, 2.75) is 32.2 Å². The fraction of sp³-hybridized carbons (Fsp3) is 0.381. The number of nitrogens with zero attached hydrogens (tertiary/aromatic N) is 7. The first kappa shape index (κ1) is 17.9. The largest absolute Gasteiger partial charge is 0.371 e. The van der Waals surface area contributed by atoms with Crippen molar-refractivity contribution in [1.29, 1.82) is 0 Å². The Morgan fingerprint density at radius 3 is 2.55 bits per heavy atom. The Morgan fingerprint density at radius 1 is 0.966 bits per heavy atom. The molecule has 3 aromatic heterocycles. The van der Waals surface area contributed by atoms with Crippen LogP contribution in [0.3, 0.4) is 0 Å². The lowest BCUT2D eigenvalue weighted by Crippen LogP contribution is -2.35. The topological polar surface area (TPSA) is 70.9 Å². The molecule has 0 saturated carbocycles. The Balaban J connectivity index is 1.45. The highest BCUT2D eigenvalue weighted by molar-refractivity contribution is 5.57. The quantitative estimate of drug-likeness (QED) is 0.635. The monoisotopic (exact) mass is 391 g/mol. The molecule has 0 unspecified atom stereocenters. The number of aromatic nitrogens is 5. The minimum absolute atomic E-state index is 0.00483. The second kappa shape index (κ2) is 7.35. The molecule has 1 fully saturated rings. The number of hydrogen-bond donors (Lipinski definition) is 0. The molecule has 2 aliphatic heterocycles. The van der Waals surface area contributed by atoms with Gasteiger partial charge in [-0.3, -0.25) is 0 Å². The van der Waals surface area contributed by atoms with Gasteiger partial charge in [-0.2, -0.15) is 4.39 Å². The summed E-state index contributed by atoms with van der Waals surface area (Å²) in [6, 6.07) is 5.31. The molecule has 0 N–H and O–H groups in total. The molecule has 0 aliphatic carbocycles. The maximum atomic E-state index is 14.3. The predicted molar refractivity (Wildman–Crippen MR) is 108 cm³/mol. The van der Waals surface area contributed by atoms with E-state index in [1.54, 1.807) is 18.5 Å². The Bertz CT molecular complexity index is 1020. The van der Waals surface area contributed by atoms with Crippen LogP contribution in [0.1, 0.15) is 37.1 Å². The highest BCUT2D eigenvalue weighted by atomic mass is 19.1. The summed E-state index contributed by atoms with van der Waals surface area (Å²) < 4.78 is 14.3. The Kier molecular flexibility index (Phi) is 4.54. The van der Waals surface area contributed by atoms with Crippen molar-refractivity contribution in [3.8, 4) is 11.6 Å². The first-order valence-corrected chi connectivity index (χ1v) is 10.0. The third kappa shape index (κ3) is 3.39. The van der Waals surface area contributed by atoms with Crippen molar-refractivity contribution >= 4 is 11.5 Å². The van der Waals surface area contributed by atoms with Gasteiger partial charge in [-0.15, -0.1) is 0 Å². The molecule has 0 amide bonds. The van der Waals surface area contributed by atoms with Gasteiger partial charge in [0, 0.05) is 68.0 Å². The lowest BCUT2D eigenvalue weighted by atomic mass is 9.99. The number of hydrogen-bond acceptors (Lipinski definition) is 7. The lowest BCUT2D eigenvalue weighted by molar-refractivity contribution is 0.562. The molecule has 5 rings (SSSR count). The molecule has 5 heterocycles. The van der Waals surface area contributed by atoms with Crippen LogP contribution < -0.4 is 9.80 Å². The van der Waals surface area contributed by atoms with Crippen molar-refractivity contribution in [1.82, 2.24) is 24.9 Å². The summed E-state index contributed by atoms with van der Waals surface area (Å²) in [5, 5.41) is 0. The third-order valence-electron chi connectivity index (χ3n) is 5.70. The zero-order valence-electron chi connectivity index (χ0n) is 16.3. The number of rotatable bonds is 3. The van der Waals surface area contributed by atoms with Crippen LogP contribution in [-0.4, -0.2) is 44.6 Å². The standard InChI is InChI=1S/C21H22FN7/c1-14-16-13-25-21(20-23-6-4-7-24-20)26-17(16)5-10-29(14)19-12-15(11-18(22)27-19)28-8-2-3-9-28/h4,6-7,11-14H,2-3,5,8-10H2,1H3/t14-/m1/s1. The number of anilines is 2. The fourth-order valence-corrected chi connectivity index (χ4v) is 4.17. The van der Waals surface area contributed by atoms with Crippen LogP contribution >= 0.6 is 0 Å². The molecule has 29 heavy (non-hydrogen) atoms. The molecule has 2 aliphatic rings. The number of fused-ring (bicyclic) bond motifs is 1. The Hall–Kier alpha value is -3.16. The molecule has 1 atom stereocenters. The maximum Gasteiger partial charge on any atom is 0.216 e. The Labute approximate surface area is 168 Å². The Morgan fingerprint density at radius 2 is 1.76 bits per heavy atom. The highest BCUT2D eigenvalue weighted by Crippen LogP contribution is 2.34. The summed E-state index contributed by atoms with van der Waals surface area (Å²) in [4.78, 5) is 26.2. The molecule has 3 aromatic rings. The van der Waals surface area contributed by atoms with E-state index in [1.165, 1.54) is 6.07 Å². The van der Waals surface area contributed by atoms with Crippen LogP contribution in [0.25, 0.3) is 11.6 Å². The molecular formula is C21H22FN7. The van der Waals surface area contributed by atoms with Crippen molar-refractivity contribution in [3.63, 3.8) is 0 Å². The zero-order chi connectivity index (χ0) is 19.8. The van der Waals surface area contributed by atoms with Crippen LogP contribution in [0.2, 0.25) is 0 Å². The minimum Gasteiger partial charge on any atom is -0.371 e. The van der Waals surface area contributed by atoms with Gasteiger partial charge in [0.2, 0.25) is 5.95 Å². The average Bonchev–Trinajstić information content (AvgIpc) is 3.29. The van der Waals surface area contributed by atoms with Crippen LogP contribution in [0.4, 0.5) is 15.9 Å². The fourth-order valence-electron chi connectivity index (χ4n) is 4.17. The summed E-state index contributed by atoms with van der Waals surface area (Å²) in [7, 11) is 0. The second-order valence-corrected chi connectivity index (χ2v) is 7.49. The molecule has 1 saturated heterocycles. The molecule has 0 radical (unpaired) electrons. The van der Waals surface area contributed by atoms with E-state index in [1.807, 2.05) is 12.3 Å². The lowest BCUT2D eigenvalue weighted by Gasteiger charge is -2.36. The van der Waals surface area contributed by atoms with Gasteiger partial charge in [-0.25, -0.2) is 24.9 Å². The van der Waals surface area contributed by atoms with E-state index in [-0.39, 0.29) is 6.04 Å². The summed E-state index contributed by atoms with van der Waals surface area (Å²) in [6.45, 7) is 4.75. The van der Waals surface area contributed by atoms with Crippen molar-refractivity contribution < 1.29 is 4.39 Å². The first-order chi connectivity index (χ1) is 14.2. The molecule has 8 heteroatoms. The van der Waals surface area contributed by atoms with Gasteiger partial charge in [0.15, 0.2) is 11.6 Å². The van der Waals surface area contributed by atoms with E-state index >= 15 is 0 Å². The van der Waals surface area contributed by atoms with Gasteiger partial charge in [0.1, 0.15) is 5.82 Å². The highest BCUT2D eigenvalue weighted by Gasteiger charge is 2.28. The number of halogens is 1. The van der Waals surface area contributed by atoms with Crippen LogP contribution in [-0.2, 0) is 6.42 Å². The minimum atomic E-state index is -0.435. The summed E-state index contributed by atoms with van der Waals surface area (Å²) >= 11 is 0. The van der Waals surface area contributed by atoms with Crippen LogP contribution in [0, 0.1) is 5.95 Å². The summed E-state index contributed by atoms with van der Waals surface area (Å²) in [5.74, 6) is 1.29. The summed E-state index contributed by atoms with van der Waals surface area (Å²) in [6.07, 6.45) is 8.24. The van der Waals surface area contributed by atoms with Crippen LogP contribution in [0.5, 0.6) is 0 Å². The van der Waals surface area contributed by atoms with Crippen molar-refractivity contribution in [3.05, 3.63) is 54.0 Å². The van der Waals surface area contributed by atoms with Gasteiger partial charge in [-0.05, 0) is 25.8 Å². The van der Waals surface area contributed by atoms with Gasteiger partial charge < -0.3 is 9.80 Å². The SMILES string of the molecule is C[C@@H]1c2cnc(-c3ncccn3)nc2CCN1c1cc(N2CCCC2)cc(F)n1. The van der Waals surface area contributed by atoms with E-state index in [0.29, 0.717) is 17.5 Å². The van der Waals surface area contributed by atoms with E-state index < -0.39 is 5.95 Å². The van der Waals surface area contributed by atoms with E-state index in [0.717, 1.165) is 55.8 Å². The van der Waals surface area contributed by atoms with Gasteiger partial charge in [-0.1, -0.05) is 0 Å². The van der Waals surface area contributed by atoms with Gasteiger partial charge in [0.05, 0.1) is 11.7 Å². The molecule has 0 aromatic carbocycles. The van der Waals surface area contributed by atoms with Crippen LogP contribution in [0.15, 0.2) is 36.8 Å². The van der Waals surface area contributed by atoms with Crippen molar-refractivity contribution in [2.75, 3.05) is 29.4 Å². The molecule has 148 valence electrons. The average molecular weight is 391 g/mol. The zero-order valence-corrected chi connectivity index (χ0v) is 16.3. The molecular weight excluding hydrogens is 369 g/mol. The molecule has 7 nitrogen and oxygen atoms in total. The first-order valence-electron chi connectivity index (χ1n) is 10.0. The van der Waals surface area contributed by atoms with Gasteiger partial charge in [0.25, 0.3) is 0 Å². The number of pyridine rings is 1. The van der Waals surface area contributed by atoms with E-state index in [9.17, 15) is 4.39 Å². The van der Waals surface area contributed by atoms with E-state index in [4.69, 9.17) is 4.98 Å². The predicted octanol–water partition coefficient (Wildman–Crippen LogP) is 3.19. The van der Waals surface area contributed by atoms with E-state index in [2.05, 4.69) is 36.7 Å². The summed E-state index contributed by atoms with van der Waals surface area (Å²) in [5.41, 5.74) is 2.93. The molecule has 0 bridgehead atoms. The smallest absolute Gasteiger partial charge is 0.216 e. The normalized spacial score (nSPS) is 18.8. The third-order valence-corrected chi connectivity index (χ3v) is 5.70. The second-order valence-electron chi connectivity index (χ2n) is 7.49.